The maximum atomic E-state index is 13.1. The summed E-state index contributed by atoms with van der Waals surface area (Å²) < 4.78 is 13.1. The normalized spacial score (nSPS) is 11.5. The molecule has 0 radical (unpaired) electrons. The zero-order valence-corrected chi connectivity index (χ0v) is 21.1. The number of hydrogen-bond acceptors (Lipinski definition) is 6. The SMILES string of the molecule is C=CCCCCCCNc1ncc(C(=O)NCc2ccc(F)cc2)c(NCCCC(CO)CC=C)n1. The van der Waals surface area contributed by atoms with E-state index in [0.29, 0.717) is 23.9 Å². The Hall–Kier alpha value is -3.26. The van der Waals surface area contributed by atoms with Crippen LogP contribution >= 0.6 is 0 Å². The summed E-state index contributed by atoms with van der Waals surface area (Å²) in [6.45, 7) is 9.24. The zero-order chi connectivity index (χ0) is 26.0. The van der Waals surface area contributed by atoms with Crippen molar-refractivity contribution in [2.24, 2.45) is 5.92 Å². The van der Waals surface area contributed by atoms with Gasteiger partial charge in [-0.2, -0.15) is 4.98 Å². The van der Waals surface area contributed by atoms with E-state index in [0.717, 1.165) is 63.5 Å². The molecule has 4 N–H and O–H groups in total. The first-order chi connectivity index (χ1) is 17.6. The highest BCUT2D eigenvalue weighted by Gasteiger charge is 2.15. The van der Waals surface area contributed by atoms with E-state index in [-0.39, 0.29) is 30.8 Å². The molecule has 1 amide bonds. The van der Waals surface area contributed by atoms with Gasteiger partial charge in [0.05, 0.1) is 0 Å². The quantitative estimate of drug-likeness (QED) is 0.152. The minimum Gasteiger partial charge on any atom is -0.396 e. The molecule has 2 aromatic rings. The lowest BCUT2D eigenvalue weighted by Crippen LogP contribution is -2.25. The molecular weight excluding hydrogens is 457 g/mol. The van der Waals surface area contributed by atoms with Crippen LogP contribution in [0.3, 0.4) is 0 Å². The van der Waals surface area contributed by atoms with Crippen LogP contribution in [0.25, 0.3) is 0 Å². The molecule has 8 heteroatoms. The summed E-state index contributed by atoms with van der Waals surface area (Å²) in [7, 11) is 0. The first-order valence-corrected chi connectivity index (χ1v) is 12.8. The molecule has 0 saturated heterocycles. The molecule has 1 atom stereocenters. The predicted molar refractivity (Wildman–Crippen MR) is 144 cm³/mol. The second-order valence-corrected chi connectivity index (χ2v) is 8.83. The van der Waals surface area contributed by atoms with Gasteiger partial charge in [0.2, 0.25) is 5.95 Å². The molecule has 0 bridgehead atoms. The summed E-state index contributed by atoms with van der Waals surface area (Å²) in [5, 5.41) is 18.8. The van der Waals surface area contributed by atoms with Crippen molar-refractivity contribution >= 4 is 17.7 Å². The van der Waals surface area contributed by atoms with E-state index in [1.54, 1.807) is 12.1 Å². The van der Waals surface area contributed by atoms with Gasteiger partial charge in [-0.15, -0.1) is 13.2 Å². The zero-order valence-electron chi connectivity index (χ0n) is 21.1. The van der Waals surface area contributed by atoms with Gasteiger partial charge in [-0.1, -0.05) is 37.1 Å². The molecule has 1 aromatic carbocycles. The molecule has 1 aromatic heterocycles. The molecule has 0 aliphatic rings. The van der Waals surface area contributed by atoms with Crippen molar-refractivity contribution in [3.8, 4) is 0 Å². The summed E-state index contributed by atoms with van der Waals surface area (Å²) >= 11 is 0. The molecule has 36 heavy (non-hydrogen) atoms. The molecule has 0 saturated carbocycles. The molecule has 2 rings (SSSR count). The number of nitrogens with one attached hydrogen (secondary N) is 3. The number of allylic oxidation sites excluding steroid dienone is 2. The summed E-state index contributed by atoms with van der Waals surface area (Å²) in [4.78, 5) is 21.8. The number of benzene rings is 1. The molecule has 0 aliphatic carbocycles. The largest absolute Gasteiger partial charge is 0.396 e. The van der Waals surface area contributed by atoms with Gasteiger partial charge in [-0.25, -0.2) is 9.37 Å². The monoisotopic (exact) mass is 497 g/mol. The lowest BCUT2D eigenvalue weighted by Gasteiger charge is -2.15. The smallest absolute Gasteiger partial charge is 0.256 e. The topological polar surface area (TPSA) is 99.2 Å². The number of aliphatic hydroxyl groups is 1. The number of carbonyl (C=O) groups is 1. The van der Waals surface area contributed by atoms with Crippen molar-refractivity contribution in [1.29, 1.82) is 0 Å². The highest BCUT2D eigenvalue weighted by atomic mass is 19.1. The number of anilines is 2. The highest BCUT2D eigenvalue weighted by Crippen LogP contribution is 2.17. The molecule has 0 aliphatic heterocycles. The molecule has 1 heterocycles. The van der Waals surface area contributed by atoms with Crippen molar-refractivity contribution in [2.45, 2.75) is 57.9 Å². The van der Waals surface area contributed by atoms with Gasteiger partial charge in [0, 0.05) is 32.4 Å². The Balaban J connectivity index is 1.98. The van der Waals surface area contributed by atoms with E-state index in [4.69, 9.17) is 0 Å². The minimum absolute atomic E-state index is 0.123. The second kappa shape index (κ2) is 17.2. The summed E-state index contributed by atoms with van der Waals surface area (Å²) in [5.41, 5.74) is 1.14. The summed E-state index contributed by atoms with van der Waals surface area (Å²) in [5.74, 6) is 0.478. The third kappa shape index (κ3) is 11.0. The van der Waals surface area contributed by atoms with Crippen LogP contribution in [0.1, 0.15) is 67.3 Å². The van der Waals surface area contributed by atoms with E-state index in [9.17, 15) is 14.3 Å². The van der Waals surface area contributed by atoms with Gasteiger partial charge in [0.25, 0.3) is 5.91 Å². The van der Waals surface area contributed by atoms with Gasteiger partial charge < -0.3 is 21.1 Å². The molecule has 196 valence electrons. The molecule has 7 nitrogen and oxygen atoms in total. The number of unbranched alkanes of at least 4 members (excludes halogenated alkanes) is 4. The Labute approximate surface area is 214 Å². The molecular formula is C28H40FN5O2. The number of amides is 1. The highest BCUT2D eigenvalue weighted by molar-refractivity contribution is 5.98. The minimum atomic E-state index is -0.318. The number of carbonyl (C=O) groups excluding carboxylic acids is 1. The lowest BCUT2D eigenvalue weighted by atomic mass is 10.0. The number of nitrogens with zero attached hydrogens (tertiary/aromatic N) is 2. The predicted octanol–water partition coefficient (Wildman–Crippen LogP) is 5.47. The third-order valence-electron chi connectivity index (χ3n) is 5.86. The van der Waals surface area contributed by atoms with Gasteiger partial charge in [-0.05, 0) is 62.1 Å². The van der Waals surface area contributed by atoms with Crippen LogP contribution in [0.15, 0.2) is 55.8 Å². The number of rotatable bonds is 19. The van der Waals surface area contributed by atoms with Crippen molar-refractivity contribution in [3.63, 3.8) is 0 Å². The number of hydrogen-bond donors (Lipinski definition) is 4. The van der Waals surface area contributed by atoms with E-state index >= 15 is 0 Å². The summed E-state index contributed by atoms with van der Waals surface area (Å²) in [6.07, 6.45) is 13.2. The van der Waals surface area contributed by atoms with Crippen LogP contribution in [0.5, 0.6) is 0 Å². The maximum absolute atomic E-state index is 13.1. The molecule has 0 spiro atoms. The fourth-order valence-electron chi connectivity index (χ4n) is 3.73. The lowest BCUT2D eigenvalue weighted by molar-refractivity contribution is 0.0951. The van der Waals surface area contributed by atoms with E-state index in [2.05, 4.69) is 39.1 Å². The van der Waals surface area contributed by atoms with Crippen LogP contribution in [0.2, 0.25) is 0 Å². The fourth-order valence-corrected chi connectivity index (χ4v) is 3.73. The van der Waals surface area contributed by atoms with Crippen molar-refractivity contribution in [3.05, 3.63) is 72.7 Å². The second-order valence-electron chi connectivity index (χ2n) is 8.83. The Bertz CT molecular complexity index is 936. The van der Waals surface area contributed by atoms with Crippen molar-refractivity contribution < 1.29 is 14.3 Å². The summed E-state index contributed by atoms with van der Waals surface area (Å²) in [6, 6.07) is 6.00. The van der Waals surface area contributed by atoms with Crippen LogP contribution in [0, 0.1) is 11.7 Å². The maximum Gasteiger partial charge on any atom is 0.256 e. The standard InChI is InChI=1S/C28H40FN5O2/c1-3-5-6-7-8-9-17-31-28-33-20-25(27(36)32-19-22-13-15-24(29)16-14-22)26(34-28)30-18-10-12-23(21-35)11-4-2/h3-4,13-16,20,23,35H,1-2,5-12,17-19,21H2,(H,32,36)(H2,30,31,33,34). The third-order valence-corrected chi connectivity index (χ3v) is 5.86. The van der Waals surface area contributed by atoms with E-state index in [1.165, 1.54) is 18.3 Å². The van der Waals surface area contributed by atoms with Crippen molar-refractivity contribution in [2.75, 3.05) is 30.3 Å². The van der Waals surface area contributed by atoms with Gasteiger partial charge in [0.1, 0.15) is 17.2 Å². The first kappa shape index (κ1) is 29.0. The van der Waals surface area contributed by atoms with E-state index < -0.39 is 0 Å². The van der Waals surface area contributed by atoms with Gasteiger partial charge in [0.15, 0.2) is 0 Å². The fraction of sp³-hybridized carbons (Fsp3) is 0.464. The van der Waals surface area contributed by atoms with Gasteiger partial charge >= 0.3 is 0 Å². The Morgan fingerprint density at radius 1 is 1.03 bits per heavy atom. The van der Waals surface area contributed by atoms with Crippen LogP contribution in [-0.2, 0) is 6.54 Å². The Morgan fingerprint density at radius 2 is 1.78 bits per heavy atom. The van der Waals surface area contributed by atoms with E-state index in [1.807, 2.05) is 12.2 Å². The van der Waals surface area contributed by atoms with Crippen molar-refractivity contribution in [1.82, 2.24) is 15.3 Å². The first-order valence-electron chi connectivity index (χ1n) is 12.8. The number of aliphatic hydroxyl groups excluding tert-OH is 1. The van der Waals surface area contributed by atoms with Crippen LogP contribution in [-0.4, -0.2) is 40.7 Å². The average Bonchev–Trinajstić information content (AvgIpc) is 2.89. The Morgan fingerprint density at radius 3 is 2.50 bits per heavy atom. The van der Waals surface area contributed by atoms with Crippen LogP contribution < -0.4 is 16.0 Å². The average molecular weight is 498 g/mol. The molecule has 0 fully saturated rings. The van der Waals surface area contributed by atoms with Gasteiger partial charge in [-0.3, -0.25) is 4.79 Å². The number of halogens is 1. The number of aromatic nitrogens is 2. The van der Waals surface area contributed by atoms with Crippen LogP contribution in [0.4, 0.5) is 16.2 Å². The molecule has 1 unspecified atom stereocenters. The Kier molecular flexibility index (Phi) is 13.9.